The molecule has 0 aromatic carbocycles. The van der Waals surface area contributed by atoms with Crippen molar-refractivity contribution in [2.45, 2.75) is 38.7 Å². The normalized spacial score (nSPS) is 12.9. The van der Waals surface area contributed by atoms with Crippen LogP contribution in [0.25, 0.3) is 0 Å². The largest absolute Gasteiger partial charge is 0.380 e. The number of nitrogens with two attached hydrogens (primary N) is 3. The van der Waals surface area contributed by atoms with Crippen molar-refractivity contribution in [3.63, 3.8) is 0 Å². The first-order chi connectivity index (χ1) is 7.13. The fraction of sp³-hybridized carbons (Fsp3) is 0.667. The zero-order chi connectivity index (χ0) is 13.4. The predicted molar refractivity (Wildman–Crippen MR) is 57.7 cm³/mol. The minimum atomic E-state index is -1.32. The lowest BCUT2D eigenvalue weighted by atomic mass is 10.0. The van der Waals surface area contributed by atoms with Crippen LogP contribution in [0.1, 0.15) is 33.1 Å². The van der Waals surface area contributed by atoms with E-state index in [0.29, 0.717) is 6.42 Å². The van der Waals surface area contributed by atoms with Gasteiger partial charge in [-0.25, -0.2) is 0 Å². The molecule has 7 heteroatoms. The SMILES string of the molecule is CCC(C)(O)C(N)=O.NC(=O)CCC(N)=O. The molecule has 0 aliphatic rings. The van der Waals surface area contributed by atoms with Crippen molar-refractivity contribution in [2.75, 3.05) is 0 Å². The van der Waals surface area contributed by atoms with Crippen molar-refractivity contribution in [2.24, 2.45) is 17.2 Å². The van der Waals surface area contributed by atoms with Gasteiger partial charge in [-0.3, -0.25) is 14.4 Å². The van der Waals surface area contributed by atoms with E-state index >= 15 is 0 Å². The first-order valence-corrected chi connectivity index (χ1v) is 4.72. The third-order valence-corrected chi connectivity index (χ3v) is 1.84. The molecule has 0 spiro atoms. The molecule has 16 heavy (non-hydrogen) atoms. The Morgan fingerprint density at radius 2 is 1.38 bits per heavy atom. The van der Waals surface area contributed by atoms with Crippen molar-refractivity contribution in [3.05, 3.63) is 0 Å². The Hall–Kier alpha value is -1.63. The second-order valence-electron chi connectivity index (χ2n) is 3.42. The minimum Gasteiger partial charge on any atom is -0.380 e. The Kier molecular flexibility index (Phi) is 8.01. The second kappa shape index (κ2) is 7.63. The zero-order valence-electron chi connectivity index (χ0n) is 9.53. The average Bonchev–Trinajstić information content (AvgIpc) is 2.15. The monoisotopic (exact) mass is 233 g/mol. The number of carbonyl (C=O) groups excluding carboxylic acids is 3. The van der Waals surface area contributed by atoms with Gasteiger partial charge in [-0.2, -0.15) is 0 Å². The molecule has 1 atom stereocenters. The Morgan fingerprint density at radius 1 is 1.06 bits per heavy atom. The molecule has 7 N–H and O–H groups in total. The van der Waals surface area contributed by atoms with Gasteiger partial charge in [-0.15, -0.1) is 0 Å². The van der Waals surface area contributed by atoms with Gasteiger partial charge in [0.25, 0.3) is 0 Å². The Bertz CT molecular complexity index is 249. The van der Waals surface area contributed by atoms with E-state index in [1.165, 1.54) is 6.92 Å². The van der Waals surface area contributed by atoms with Crippen molar-refractivity contribution in [1.29, 1.82) is 0 Å². The quantitative estimate of drug-likeness (QED) is 0.450. The number of hydrogen-bond acceptors (Lipinski definition) is 4. The summed E-state index contributed by atoms with van der Waals surface area (Å²) in [7, 11) is 0. The third kappa shape index (κ3) is 10.5. The summed E-state index contributed by atoms with van der Waals surface area (Å²) in [5, 5.41) is 8.93. The molecule has 3 amide bonds. The highest BCUT2D eigenvalue weighted by atomic mass is 16.3. The molecule has 0 heterocycles. The summed E-state index contributed by atoms with van der Waals surface area (Å²) in [6.07, 6.45) is 0.465. The number of carbonyl (C=O) groups is 3. The van der Waals surface area contributed by atoms with E-state index in [2.05, 4.69) is 0 Å². The topological polar surface area (TPSA) is 150 Å². The maximum absolute atomic E-state index is 10.2. The van der Waals surface area contributed by atoms with Crippen LogP contribution in [0.5, 0.6) is 0 Å². The van der Waals surface area contributed by atoms with Gasteiger partial charge in [0, 0.05) is 12.8 Å². The fourth-order valence-electron chi connectivity index (χ4n) is 0.421. The zero-order valence-corrected chi connectivity index (χ0v) is 9.53. The molecule has 0 fully saturated rings. The highest BCUT2D eigenvalue weighted by Crippen LogP contribution is 2.05. The summed E-state index contributed by atoms with van der Waals surface area (Å²) in [6.45, 7) is 3.10. The van der Waals surface area contributed by atoms with Crippen LogP contribution >= 0.6 is 0 Å². The number of rotatable bonds is 5. The number of hydrogen-bond donors (Lipinski definition) is 4. The molecule has 0 rings (SSSR count). The molecule has 1 unspecified atom stereocenters. The Morgan fingerprint density at radius 3 is 1.44 bits per heavy atom. The summed E-state index contributed by atoms with van der Waals surface area (Å²) < 4.78 is 0. The summed E-state index contributed by atoms with van der Waals surface area (Å²) in [5.74, 6) is -1.66. The minimum absolute atomic E-state index is 0.0509. The van der Waals surface area contributed by atoms with Gasteiger partial charge in [0.1, 0.15) is 5.60 Å². The van der Waals surface area contributed by atoms with E-state index in [-0.39, 0.29) is 12.8 Å². The van der Waals surface area contributed by atoms with E-state index in [0.717, 1.165) is 0 Å². The van der Waals surface area contributed by atoms with E-state index in [1.54, 1.807) is 6.92 Å². The van der Waals surface area contributed by atoms with Crippen LogP contribution in [0.15, 0.2) is 0 Å². The first kappa shape index (κ1) is 16.8. The van der Waals surface area contributed by atoms with Gasteiger partial charge in [-0.05, 0) is 13.3 Å². The van der Waals surface area contributed by atoms with Crippen LogP contribution in [0.4, 0.5) is 0 Å². The average molecular weight is 233 g/mol. The molecular formula is C9H19N3O4. The summed E-state index contributed by atoms with van der Waals surface area (Å²) in [5.41, 5.74) is 12.9. The van der Waals surface area contributed by atoms with E-state index in [1.807, 2.05) is 0 Å². The molecule has 0 aliphatic heterocycles. The van der Waals surface area contributed by atoms with E-state index in [4.69, 9.17) is 22.3 Å². The van der Waals surface area contributed by atoms with Crippen LogP contribution in [-0.2, 0) is 14.4 Å². The molecule has 0 saturated heterocycles. The van der Waals surface area contributed by atoms with Crippen molar-refractivity contribution < 1.29 is 19.5 Å². The highest BCUT2D eigenvalue weighted by Gasteiger charge is 2.23. The first-order valence-electron chi connectivity index (χ1n) is 4.72. The maximum Gasteiger partial charge on any atom is 0.249 e. The van der Waals surface area contributed by atoms with Crippen LogP contribution in [0.2, 0.25) is 0 Å². The van der Waals surface area contributed by atoms with E-state index < -0.39 is 23.3 Å². The lowest BCUT2D eigenvalue weighted by Gasteiger charge is -2.14. The molecule has 0 aromatic rings. The molecule has 94 valence electrons. The van der Waals surface area contributed by atoms with Crippen LogP contribution in [-0.4, -0.2) is 28.4 Å². The molecule has 0 radical (unpaired) electrons. The number of aliphatic hydroxyl groups is 1. The summed E-state index contributed by atoms with van der Waals surface area (Å²) in [6, 6.07) is 0. The van der Waals surface area contributed by atoms with Crippen molar-refractivity contribution in [1.82, 2.24) is 0 Å². The van der Waals surface area contributed by atoms with Gasteiger partial charge >= 0.3 is 0 Å². The van der Waals surface area contributed by atoms with Crippen LogP contribution in [0.3, 0.4) is 0 Å². The fourth-order valence-corrected chi connectivity index (χ4v) is 0.421. The predicted octanol–water partition coefficient (Wildman–Crippen LogP) is -1.63. The molecular weight excluding hydrogens is 214 g/mol. The van der Waals surface area contributed by atoms with Crippen molar-refractivity contribution >= 4 is 17.7 Å². The van der Waals surface area contributed by atoms with Gasteiger partial charge in [0.2, 0.25) is 17.7 Å². The van der Waals surface area contributed by atoms with Gasteiger partial charge in [-0.1, -0.05) is 6.92 Å². The lowest BCUT2D eigenvalue weighted by Crippen LogP contribution is -2.39. The number of primary amides is 3. The Balaban J connectivity index is 0. The second-order valence-corrected chi connectivity index (χ2v) is 3.42. The third-order valence-electron chi connectivity index (χ3n) is 1.84. The standard InChI is InChI=1S/C5H11NO2.C4H8N2O2/c1-3-5(2,8)4(6)7;5-3(7)1-2-4(6)8/h8H,3H2,1-2H3,(H2,6,7);1-2H2,(H2,5,7)(H2,6,8). The van der Waals surface area contributed by atoms with Crippen molar-refractivity contribution in [3.8, 4) is 0 Å². The lowest BCUT2D eigenvalue weighted by molar-refractivity contribution is -0.134. The van der Waals surface area contributed by atoms with Crippen LogP contribution < -0.4 is 17.2 Å². The number of amides is 3. The van der Waals surface area contributed by atoms with Gasteiger partial charge < -0.3 is 22.3 Å². The smallest absolute Gasteiger partial charge is 0.249 e. The summed E-state index contributed by atoms with van der Waals surface area (Å²) >= 11 is 0. The highest BCUT2D eigenvalue weighted by molar-refractivity contribution is 5.82. The maximum atomic E-state index is 10.2. The van der Waals surface area contributed by atoms with Gasteiger partial charge in [0.15, 0.2) is 0 Å². The molecule has 0 aromatic heterocycles. The molecule has 0 aliphatic carbocycles. The van der Waals surface area contributed by atoms with Gasteiger partial charge in [0.05, 0.1) is 0 Å². The van der Waals surface area contributed by atoms with Crippen LogP contribution in [0, 0.1) is 0 Å². The molecule has 0 saturated carbocycles. The molecule has 7 nitrogen and oxygen atoms in total. The summed E-state index contributed by atoms with van der Waals surface area (Å²) in [4.78, 5) is 30.1. The van der Waals surface area contributed by atoms with E-state index in [9.17, 15) is 14.4 Å². The molecule has 0 bridgehead atoms. The Labute approximate surface area is 94.0 Å².